The second-order valence-electron chi connectivity index (χ2n) is 10.6. The van der Waals surface area contributed by atoms with E-state index in [0.717, 1.165) is 50.5 Å². The Kier molecular flexibility index (Phi) is 9.69. The number of carbonyl (C=O) groups excluding carboxylic acids is 1. The molecule has 200 valence electrons. The Morgan fingerprint density at radius 1 is 0.947 bits per heavy atom. The third kappa shape index (κ3) is 7.77. The zero-order valence-corrected chi connectivity index (χ0v) is 22.1. The summed E-state index contributed by atoms with van der Waals surface area (Å²) in [4.78, 5) is 24.4. The Morgan fingerprint density at radius 2 is 1.63 bits per heavy atom. The van der Waals surface area contributed by atoms with Crippen molar-refractivity contribution in [3.8, 4) is 5.75 Å². The summed E-state index contributed by atoms with van der Waals surface area (Å²) < 4.78 is 19.0. The summed E-state index contributed by atoms with van der Waals surface area (Å²) >= 11 is 0. The predicted octanol–water partition coefficient (Wildman–Crippen LogP) is 7.65. The van der Waals surface area contributed by atoms with Crippen LogP contribution in [0.2, 0.25) is 0 Å². The van der Waals surface area contributed by atoms with Crippen LogP contribution in [0.25, 0.3) is 0 Å². The lowest BCUT2D eigenvalue weighted by atomic mass is 9.78. The molecule has 3 aromatic carbocycles. The fourth-order valence-electron chi connectivity index (χ4n) is 5.48. The SMILES string of the molecule is C[C@H](CCCC(=O)[C@@H]1CCC(CCOc2ccc(F)cc2)Cc2ccccc2C1)c1ccc(C(=O)O)cc1. The minimum atomic E-state index is -0.918. The molecule has 5 heteroatoms. The maximum atomic E-state index is 13.3. The minimum absolute atomic E-state index is 0.0297. The van der Waals surface area contributed by atoms with Gasteiger partial charge in [0.25, 0.3) is 0 Å². The molecule has 1 N–H and O–H groups in total. The van der Waals surface area contributed by atoms with Gasteiger partial charge in [-0.25, -0.2) is 9.18 Å². The molecule has 0 fully saturated rings. The molecular formula is C33H37FO4. The molecule has 4 nitrogen and oxygen atoms in total. The monoisotopic (exact) mass is 516 g/mol. The van der Waals surface area contributed by atoms with Gasteiger partial charge in [0, 0.05) is 12.3 Å². The van der Waals surface area contributed by atoms with Gasteiger partial charge in [-0.3, -0.25) is 4.79 Å². The molecule has 0 radical (unpaired) electrons. The number of ketones is 1. The lowest BCUT2D eigenvalue weighted by Gasteiger charge is -2.26. The van der Waals surface area contributed by atoms with Crippen LogP contribution in [0.5, 0.6) is 5.75 Å². The topological polar surface area (TPSA) is 63.6 Å². The summed E-state index contributed by atoms with van der Waals surface area (Å²) in [6.45, 7) is 2.70. The van der Waals surface area contributed by atoms with Crippen LogP contribution in [0.1, 0.15) is 78.4 Å². The van der Waals surface area contributed by atoms with Gasteiger partial charge in [-0.2, -0.15) is 0 Å². The third-order valence-electron chi connectivity index (χ3n) is 7.87. The quantitative estimate of drug-likeness (QED) is 0.284. The number of Topliss-reactive ketones (excluding diaryl/α,β-unsaturated/α-hetero) is 1. The van der Waals surface area contributed by atoms with Crippen LogP contribution in [-0.4, -0.2) is 23.5 Å². The summed E-state index contributed by atoms with van der Waals surface area (Å²) in [7, 11) is 0. The molecular weight excluding hydrogens is 479 g/mol. The lowest BCUT2D eigenvalue weighted by Crippen LogP contribution is -2.23. The van der Waals surface area contributed by atoms with Gasteiger partial charge in [-0.1, -0.05) is 43.3 Å². The van der Waals surface area contributed by atoms with Crippen LogP contribution >= 0.6 is 0 Å². The van der Waals surface area contributed by atoms with Crippen molar-refractivity contribution < 1.29 is 23.8 Å². The van der Waals surface area contributed by atoms with Gasteiger partial charge in [0.05, 0.1) is 12.2 Å². The van der Waals surface area contributed by atoms with E-state index in [2.05, 4.69) is 31.2 Å². The molecule has 1 aliphatic rings. The summed E-state index contributed by atoms with van der Waals surface area (Å²) in [6, 6.07) is 21.7. The molecule has 4 rings (SSSR count). The van der Waals surface area contributed by atoms with Gasteiger partial charge >= 0.3 is 5.97 Å². The molecule has 0 saturated carbocycles. The van der Waals surface area contributed by atoms with Crippen molar-refractivity contribution in [1.82, 2.24) is 0 Å². The molecule has 0 saturated heterocycles. The average molecular weight is 517 g/mol. The van der Waals surface area contributed by atoms with E-state index in [1.807, 2.05) is 12.1 Å². The number of halogens is 1. The summed E-state index contributed by atoms with van der Waals surface area (Å²) in [6.07, 6.45) is 6.86. The summed E-state index contributed by atoms with van der Waals surface area (Å²) in [5.41, 5.74) is 4.01. The van der Waals surface area contributed by atoms with Crippen molar-refractivity contribution in [3.05, 3.63) is 101 Å². The summed E-state index contributed by atoms with van der Waals surface area (Å²) in [5, 5.41) is 9.10. The molecule has 0 heterocycles. The minimum Gasteiger partial charge on any atom is -0.494 e. The summed E-state index contributed by atoms with van der Waals surface area (Å²) in [5.74, 6) is 0.568. The molecule has 38 heavy (non-hydrogen) atoms. The fraction of sp³-hybridized carbons (Fsp3) is 0.394. The average Bonchev–Trinajstić information content (AvgIpc) is 2.91. The van der Waals surface area contributed by atoms with Gasteiger partial charge in [-0.15, -0.1) is 0 Å². The highest BCUT2D eigenvalue weighted by Gasteiger charge is 2.25. The van der Waals surface area contributed by atoms with Crippen LogP contribution < -0.4 is 4.74 Å². The van der Waals surface area contributed by atoms with Crippen LogP contribution in [0.4, 0.5) is 4.39 Å². The number of benzene rings is 3. The van der Waals surface area contributed by atoms with E-state index in [4.69, 9.17) is 9.84 Å². The van der Waals surface area contributed by atoms with Crippen LogP contribution in [-0.2, 0) is 17.6 Å². The van der Waals surface area contributed by atoms with Crippen molar-refractivity contribution in [2.24, 2.45) is 11.8 Å². The zero-order valence-electron chi connectivity index (χ0n) is 22.1. The van der Waals surface area contributed by atoms with Gasteiger partial charge in [0.2, 0.25) is 0 Å². The number of carboxylic acid groups (broad SMARTS) is 1. The first kappa shape index (κ1) is 27.6. The van der Waals surface area contributed by atoms with Crippen molar-refractivity contribution in [3.63, 3.8) is 0 Å². The molecule has 1 aliphatic carbocycles. The molecule has 1 unspecified atom stereocenters. The van der Waals surface area contributed by atoms with E-state index in [0.29, 0.717) is 36.0 Å². The Balaban J connectivity index is 1.31. The molecule has 0 aliphatic heterocycles. The highest BCUT2D eigenvalue weighted by Crippen LogP contribution is 2.31. The Bertz CT molecular complexity index is 1200. The number of aromatic carboxylic acids is 1. The molecule has 0 aromatic heterocycles. The van der Waals surface area contributed by atoms with Crippen molar-refractivity contribution >= 4 is 11.8 Å². The van der Waals surface area contributed by atoms with E-state index >= 15 is 0 Å². The second-order valence-corrected chi connectivity index (χ2v) is 10.6. The van der Waals surface area contributed by atoms with E-state index in [1.165, 1.54) is 23.3 Å². The van der Waals surface area contributed by atoms with Crippen molar-refractivity contribution in [1.29, 1.82) is 0 Å². The fourth-order valence-corrected chi connectivity index (χ4v) is 5.48. The number of rotatable bonds is 11. The number of hydrogen-bond acceptors (Lipinski definition) is 3. The maximum absolute atomic E-state index is 13.3. The van der Waals surface area contributed by atoms with Crippen molar-refractivity contribution in [2.75, 3.05) is 6.61 Å². The first-order valence-electron chi connectivity index (χ1n) is 13.7. The number of hydrogen-bond donors (Lipinski definition) is 1. The van der Waals surface area contributed by atoms with Crippen LogP contribution in [0.3, 0.4) is 0 Å². The largest absolute Gasteiger partial charge is 0.494 e. The number of carbonyl (C=O) groups is 2. The van der Waals surface area contributed by atoms with E-state index in [1.54, 1.807) is 24.3 Å². The number of carboxylic acids is 1. The van der Waals surface area contributed by atoms with E-state index in [-0.39, 0.29) is 17.7 Å². The first-order chi connectivity index (χ1) is 18.4. The smallest absolute Gasteiger partial charge is 0.335 e. The van der Waals surface area contributed by atoms with E-state index in [9.17, 15) is 14.0 Å². The molecule has 3 aromatic rings. The zero-order chi connectivity index (χ0) is 26.9. The normalized spacial score (nSPS) is 18.1. The first-order valence-corrected chi connectivity index (χ1v) is 13.7. The van der Waals surface area contributed by atoms with Gasteiger partial charge in [0.1, 0.15) is 17.3 Å². The molecule has 3 atom stereocenters. The van der Waals surface area contributed by atoms with Gasteiger partial charge < -0.3 is 9.84 Å². The van der Waals surface area contributed by atoms with Gasteiger partial charge in [-0.05, 0) is 110 Å². The van der Waals surface area contributed by atoms with Crippen LogP contribution in [0, 0.1) is 17.7 Å². The Labute approximate surface area is 224 Å². The van der Waals surface area contributed by atoms with Gasteiger partial charge in [0.15, 0.2) is 0 Å². The van der Waals surface area contributed by atoms with Crippen molar-refractivity contribution in [2.45, 2.75) is 64.2 Å². The maximum Gasteiger partial charge on any atom is 0.335 e. The van der Waals surface area contributed by atoms with Crippen LogP contribution in [0.15, 0.2) is 72.8 Å². The predicted molar refractivity (Wildman–Crippen MR) is 147 cm³/mol. The highest BCUT2D eigenvalue weighted by molar-refractivity contribution is 5.87. The third-order valence-corrected chi connectivity index (χ3v) is 7.87. The van der Waals surface area contributed by atoms with E-state index < -0.39 is 5.97 Å². The lowest BCUT2D eigenvalue weighted by molar-refractivity contribution is -0.123. The molecule has 0 spiro atoms. The number of ether oxygens (including phenoxy) is 1. The molecule has 0 amide bonds. The second kappa shape index (κ2) is 13.4. The Hall–Kier alpha value is -3.47. The standard InChI is InChI=1S/C33H37FO4/c1-23(25-11-13-26(14-12-25)33(36)37)5-4-8-32(35)29-10-9-24(21-27-6-2-3-7-28(27)22-29)19-20-38-31-17-15-30(34)16-18-31/h2-3,6-7,11-18,23-24,29H,4-5,8-10,19-22H2,1H3,(H,36,37)/t23-,24?,29-/m1/s1. The Morgan fingerprint density at radius 3 is 2.32 bits per heavy atom. The number of fused-ring (bicyclic) bond motifs is 1. The highest BCUT2D eigenvalue weighted by atomic mass is 19.1. The molecule has 0 bridgehead atoms.